The third kappa shape index (κ3) is 69.2. The normalized spacial score (nSPS) is 12.7. The van der Waals surface area contributed by atoms with Crippen LogP contribution in [0.1, 0.15) is 425 Å². The molecule has 0 fully saturated rings. The van der Waals surface area contributed by atoms with Crippen LogP contribution < -0.4 is 5.32 Å². The van der Waals surface area contributed by atoms with Gasteiger partial charge in [0.2, 0.25) is 5.91 Å². The molecule has 0 aromatic heterocycles. The molecule has 1 amide bonds. The first-order valence-corrected chi connectivity index (χ1v) is 38.2. The number of amides is 1. The first-order chi connectivity index (χ1) is 41.5. The molecule has 0 rings (SSSR count). The number of allylic oxidation sites excluding steroid dienone is 6. The summed E-state index contributed by atoms with van der Waals surface area (Å²) in [4.78, 5) is 24.6. The number of hydrogen-bond acceptors (Lipinski definition) is 5. The van der Waals surface area contributed by atoms with Crippen LogP contribution in [0, 0.1) is 0 Å². The fraction of sp³-hybridized carbons (Fsp3) is 0.897. The molecule has 0 aliphatic carbocycles. The minimum Gasteiger partial charge on any atom is -0.466 e. The molecule has 84 heavy (non-hydrogen) atoms. The van der Waals surface area contributed by atoms with Gasteiger partial charge in [-0.1, -0.05) is 365 Å². The second kappa shape index (κ2) is 73.5. The van der Waals surface area contributed by atoms with E-state index in [0.29, 0.717) is 25.9 Å². The lowest BCUT2D eigenvalue weighted by Crippen LogP contribution is -2.45. The molecule has 2 atom stereocenters. The SMILES string of the molecule is CCCCC/C=C\CCCCCCCC(=O)OCCCCCCCCCCCCCCCCC/C=C\C/C=C\CCCCCCCCCCCCCCCCCCCC(=O)NC(CO)C(O)CCCCCCCCCCCCCCCCCC. The molecule has 0 aliphatic rings. The van der Waals surface area contributed by atoms with E-state index < -0.39 is 12.1 Å². The molecule has 2 unspecified atom stereocenters. The van der Waals surface area contributed by atoms with Crippen molar-refractivity contribution >= 4 is 11.9 Å². The molecule has 0 saturated heterocycles. The number of hydrogen-bond donors (Lipinski definition) is 3. The van der Waals surface area contributed by atoms with Crippen LogP contribution in [0.2, 0.25) is 0 Å². The second-order valence-corrected chi connectivity index (χ2v) is 26.3. The summed E-state index contributed by atoms with van der Waals surface area (Å²) in [5.74, 6) is -0.0179. The lowest BCUT2D eigenvalue weighted by Gasteiger charge is -2.22. The Hall–Kier alpha value is -1.92. The Balaban J connectivity index is 3.35. The Labute approximate surface area is 525 Å². The maximum Gasteiger partial charge on any atom is 0.305 e. The molecule has 496 valence electrons. The highest BCUT2D eigenvalue weighted by Gasteiger charge is 2.20. The first-order valence-electron chi connectivity index (χ1n) is 38.2. The van der Waals surface area contributed by atoms with Crippen molar-refractivity contribution in [1.82, 2.24) is 5.32 Å². The van der Waals surface area contributed by atoms with Gasteiger partial charge in [-0.15, -0.1) is 0 Å². The number of aliphatic hydroxyl groups is 2. The maximum absolute atomic E-state index is 12.5. The molecule has 0 aromatic rings. The van der Waals surface area contributed by atoms with Gasteiger partial charge in [-0.3, -0.25) is 9.59 Å². The number of aliphatic hydroxyl groups excluding tert-OH is 2. The zero-order valence-corrected chi connectivity index (χ0v) is 56.9. The van der Waals surface area contributed by atoms with Crippen molar-refractivity contribution in [2.24, 2.45) is 0 Å². The summed E-state index contributed by atoms with van der Waals surface area (Å²) in [5.41, 5.74) is 0. The van der Waals surface area contributed by atoms with Gasteiger partial charge in [0.15, 0.2) is 0 Å². The van der Waals surface area contributed by atoms with Crippen LogP contribution in [0.5, 0.6) is 0 Å². The number of rotatable bonds is 72. The highest BCUT2D eigenvalue weighted by molar-refractivity contribution is 5.76. The summed E-state index contributed by atoms with van der Waals surface area (Å²) >= 11 is 0. The molecule has 0 radical (unpaired) electrons. The smallest absolute Gasteiger partial charge is 0.305 e. The molecule has 0 bridgehead atoms. The summed E-state index contributed by atoms with van der Waals surface area (Å²) in [7, 11) is 0. The average Bonchev–Trinajstić information content (AvgIpc) is 3.50. The van der Waals surface area contributed by atoms with E-state index >= 15 is 0 Å². The van der Waals surface area contributed by atoms with Gasteiger partial charge in [0.1, 0.15) is 0 Å². The van der Waals surface area contributed by atoms with Crippen molar-refractivity contribution in [1.29, 1.82) is 0 Å². The fourth-order valence-electron chi connectivity index (χ4n) is 12.1. The predicted molar refractivity (Wildman–Crippen MR) is 370 cm³/mol. The zero-order valence-electron chi connectivity index (χ0n) is 56.9. The monoisotopic (exact) mass is 1180 g/mol. The minimum atomic E-state index is -0.662. The summed E-state index contributed by atoms with van der Waals surface area (Å²) in [6.45, 7) is 4.96. The van der Waals surface area contributed by atoms with E-state index in [2.05, 4.69) is 55.6 Å². The van der Waals surface area contributed by atoms with Crippen LogP contribution in [0.15, 0.2) is 36.5 Å². The Morgan fingerprint density at radius 3 is 0.940 bits per heavy atom. The molecule has 3 N–H and O–H groups in total. The summed E-state index contributed by atoms with van der Waals surface area (Å²) in [6, 6.07) is -0.539. The predicted octanol–water partition coefficient (Wildman–Crippen LogP) is 25.0. The van der Waals surface area contributed by atoms with E-state index in [1.54, 1.807) is 0 Å². The van der Waals surface area contributed by atoms with E-state index in [0.717, 1.165) is 51.4 Å². The Kier molecular flexibility index (Phi) is 71.9. The average molecular weight is 1180 g/mol. The van der Waals surface area contributed by atoms with Gasteiger partial charge < -0.3 is 20.3 Å². The molecule has 6 nitrogen and oxygen atoms in total. The quantitative estimate of drug-likeness (QED) is 0.0320. The second-order valence-electron chi connectivity index (χ2n) is 26.3. The van der Waals surface area contributed by atoms with E-state index in [1.165, 1.54) is 340 Å². The zero-order chi connectivity index (χ0) is 60.6. The number of carbonyl (C=O) groups excluding carboxylic acids is 2. The molecule has 0 spiro atoms. The molecule has 0 aromatic carbocycles. The van der Waals surface area contributed by atoms with E-state index in [9.17, 15) is 19.8 Å². The van der Waals surface area contributed by atoms with Crippen molar-refractivity contribution in [3.8, 4) is 0 Å². The van der Waals surface area contributed by atoms with Crippen LogP contribution >= 0.6 is 0 Å². The molecule has 0 saturated carbocycles. The number of esters is 1. The fourth-order valence-corrected chi connectivity index (χ4v) is 12.1. The third-order valence-electron chi connectivity index (χ3n) is 17.9. The first kappa shape index (κ1) is 82.1. The molecular formula is C78H149NO5. The van der Waals surface area contributed by atoms with E-state index in [4.69, 9.17) is 4.74 Å². The van der Waals surface area contributed by atoms with Gasteiger partial charge in [0.05, 0.1) is 25.4 Å². The highest BCUT2D eigenvalue weighted by Crippen LogP contribution is 2.19. The van der Waals surface area contributed by atoms with Crippen molar-refractivity contribution in [3.05, 3.63) is 36.5 Å². The lowest BCUT2D eigenvalue weighted by atomic mass is 10.0. The standard InChI is InChI=1S/C78H149NO5/c1-3-5-7-9-11-13-15-17-18-44-47-50-54-58-62-66-70-76(81)75(74-80)79-77(82)71-67-63-59-55-51-48-45-42-40-38-36-34-32-30-28-26-24-22-20-19-21-23-25-27-29-31-33-35-37-39-41-43-46-49-53-57-61-65-69-73-84-78(83)72-68-64-60-56-52-16-14-12-10-8-6-4-2/h12,14,19-20,23,25,75-76,80-81H,3-11,13,15-18,21-22,24,26-74H2,1-2H3,(H,79,82)/b14-12-,20-19-,25-23-. The molecule has 0 aliphatic heterocycles. The number of carbonyl (C=O) groups is 2. The number of ether oxygens (including phenoxy) is 1. The molecule has 0 heterocycles. The van der Waals surface area contributed by atoms with Crippen LogP contribution in [0.25, 0.3) is 0 Å². The highest BCUT2D eigenvalue weighted by atomic mass is 16.5. The number of nitrogens with one attached hydrogen (secondary N) is 1. The van der Waals surface area contributed by atoms with Crippen LogP contribution in [0.3, 0.4) is 0 Å². The van der Waals surface area contributed by atoms with Gasteiger partial charge >= 0.3 is 5.97 Å². The van der Waals surface area contributed by atoms with Gasteiger partial charge in [0, 0.05) is 12.8 Å². The number of unbranched alkanes of at least 4 members (excludes halogenated alkanes) is 55. The topological polar surface area (TPSA) is 95.9 Å². The van der Waals surface area contributed by atoms with Crippen molar-refractivity contribution in [2.75, 3.05) is 13.2 Å². The molecular weight excluding hydrogens is 1030 g/mol. The Morgan fingerprint density at radius 1 is 0.333 bits per heavy atom. The van der Waals surface area contributed by atoms with Crippen molar-refractivity contribution in [2.45, 2.75) is 437 Å². The van der Waals surface area contributed by atoms with E-state index in [1.807, 2.05) is 0 Å². The minimum absolute atomic E-state index is 0.0106. The van der Waals surface area contributed by atoms with Gasteiger partial charge in [0.25, 0.3) is 0 Å². The summed E-state index contributed by atoms with van der Waals surface area (Å²) in [5, 5.41) is 23.4. The van der Waals surface area contributed by atoms with Gasteiger partial charge in [-0.05, 0) is 83.5 Å². The van der Waals surface area contributed by atoms with Crippen LogP contribution in [-0.2, 0) is 14.3 Å². The van der Waals surface area contributed by atoms with Gasteiger partial charge in [-0.2, -0.15) is 0 Å². The molecule has 6 heteroatoms. The Bertz CT molecular complexity index is 1360. The lowest BCUT2D eigenvalue weighted by molar-refractivity contribution is -0.143. The van der Waals surface area contributed by atoms with Crippen molar-refractivity contribution in [3.63, 3.8) is 0 Å². The third-order valence-corrected chi connectivity index (χ3v) is 17.9. The van der Waals surface area contributed by atoms with Gasteiger partial charge in [-0.25, -0.2) is 0 Å². The largest absolute Gasteiger partial charge is 0.466 e. The Morgan fingerprint density at radius 2 is 0.595 bits per heavy atom. The van der Waals surface area contributed by atoms with Crippen LogP contribution in [0.4, 0.5) is 0 Å². The van der Waals surface area contributed by atoms with Crippen LogP contribution in [-0.4, -0.2) is 47.4 Å². The maximum atomic E-state index is 12.5. The van der Waals surface area contributed by atoms with Crippen molar-refractivity contribution < 1.29 is 24.5 Å². The van der Waals surface area contributed by atoms with E-state index in [-0.39, 0.29) is 18.5 Å². The summed E-state index contributed by atoms with van der Waals surface area (Å²) < 4.78 is 5.48. The summed E-state index contributed by atoms with van der Waals surface area (Å²) in [6.07, 6.45) is 95.2.